The Balaban J connectivity index is 1.60. The fourth-order valence-corrected chi connectivity index (χ4v) is 4.76. The van der Waals surface area contributed by atoms with Gasteiger partial charge in [-0.1, -0.05) is 18.2 Å². The Bertz CT molecular complexity index is 1100. The standard InChI is InChI=1S/C21H26N4O4S2/c1-24(13-14-25(2)31(26,27)18-11-9-17(28-3)10-12-18)21-22-20(23-30-21)15-16-7-5-6-8-19(16)29-4/h5-12H,13-15H2,1-4H3. The van der Waals surface area contributed by atoms with Crippen molar-refractivity contribution in [2.75, 3.05) is 46.3 Å². The number of likely N-dealkylation sites (N-methyl/N-ethyl adjacent to an activating group) is 2. The van der Waals surface area contributed by atoms with Crippen molar-refractivity contribution in [3.8, 4) is 11.5 Å². The predicted molar refractivity (Wildman–Crippen MR) is 122 cm³/mol. The third-order valence-electron chi connectivity index (χ3n) is 4.84. The van der Waals surface area contributed by atoms with Gasteiger partial charge in [-0.3, -0.25) is 0 Å². The monoisotopic (exact) mass is 462 g/mol. The van der Waals surface area contributed by atoms with E-state index in [1.54, 1.807) is 45.5 Å². The van der Waals surface area contributed by atoms with Crippen LogP contribution in [0.5, 0.6) is 11.5 Å². The number of benzene rings is 2. The van der Waals surface area contributed by atoms with Crippen LogP contribution in [0, 0.1) is 0 Å². The fourth-order valence-electron chi connectivity index (χ4n) is 2.93. The van der Waals surface area contributed by atoms with E-state index in [2.05, 4.69) is 9.36 Å². The summed E-state index contributed by atoms with van der Waals surface area (Å²) in [4.78, 5) is 6.73. The molecule has 31 heavy (non-hydrogen) atoms. The van der Waals surface area contributed by atoms with E-state index < -0.39 is 10.0 Å². The van der Waals surface area contributed by atoms with Gasteiger partial charge < -0.3 is 14.4 Å². The van der Waals surface area contributed by atoms with E-state index in [4.69, 9.17) is 9.47 Å². The molecule has 0 aliphatic rings. The van der Waals surface area contributed by atoms with Crippen molar-refractivity contribution in [2.45, 2.75) is 11.3 Å². The van der Waals surface area contributed by atoms with Crippen LogP contribution in [0.2, 0.25) is 0 Å². The lowest BCUT2D eigenvalue weighted by molar-refractivity contribution is 0.410. The summed E-state index contributed by atoms with van der Waals surface area (Å²) >= 11 is 1.29. The Morgan fingerprint density at radius 2 is 1.68 bits per heavy atom. The van der Waals surface area contributed by atoms with Gasteiger partial charge in [0.15, 0.2) is 0 Å². The van der Waals surface area contributed by atoms with E-state index in [-0.39, 0.29) is 4.90 Å². The van der Waals surface area contributed by atoms with E-state index in [0.717, 1.165) is 16.4 Å². The maximum Gasteiger partial charge on any atom is 0.242 e. The van der Waals surface area contributed by atoms with Gasteiger partial charge in [0.2, 0.25) is 15.2 Å². The van der Waals surface area contributed by atoms with Crippen LogP contribution >= 0.6 is 11.5 Å². The van der Waals surface area contributed by atoms with Crippen LogP contribution in [0.1, 0.15) is 11.4 Å². The van der Waals surface area contributed by atoms with Gasteiger partial charge in [-0.2, -0.15) is 8.68 Å². The van der Waals surface area contributed by atoms with E-state index >= 15 is 0 Å². The number of nitrogens with zero attached hydrogens (tertiary/aromatic N) is 4. The van der Waals surface area contributed by atoms with Gasteiger partial charge in [0.25, 0.3) is 0 Å². The highest BCUT2D eigenvalue weighted by Gasteiger charge is 2.21. The lowest BCUT2D eigenvalue weighted by atomic mass is 10.1. The number of hydrogen-bond donors (Lipinski definition) is 0. The Labute approximate surface area is 187 Å². The smallest absolute Gasteiger partial charge is 0.242 e. The largest absolute Gasteiger partial charge is 0.497 e. The molecule has 0 aliphatic carbocycles. The molecule has 0 radical (unpaired) electrons. The van der Waals surface area contributed by atoms with Gasteiger partial charge in [-0.25, -0.2) is 13.4 Å². The number of aromatic nitrogens is 2. The maximum absolute atomic E-state index is 12.8. The SMILES string of the molecule is COc1ccc(S(=O)(=O)N(C)CCN(C)c2nc(Cc3ccccc3OC)ns2)cc1. The Morgan fingerprint density at radius 1 is 0.968 bits per heavy atom. The summed E-state index contributed by atoms with van der Waals surface area (Å²) in [7, 11) is 3.05. The highest BCUT2D eigenvalue weighted by Crippen LogP contribution is 2.23. The summed E-state index contributed by atoms with van der Waals surface area (Å²) < 4.78 is 41.8. The van der Waals surface area contributed by atoms with Crippen molar-refractivity contribution < 1.29 is 17.9 Å². The number of ether oxygens (including phenoxy) is 2. The van der Waals surface area contributed by atoms with Crippen molar-refractivity contribution in [1.29, 1.82) is 0 Å². The molecule has 0 amide bonds. The Hall–Kier alpha value is -2.69. The summed E-state index contributed by atoms with van der Waals surface area (Å²) in [5.74, 6) is 2.12. The average Bonchev–Trinajstić information content (AvgIpc) is 3.26. The molecule has 3 aromatic rings. The zero-order chi connectivity index (χ0) is 22.4. The van der Waals surface area contributed by atoms with Gasteiger partial charge in [0, 0.05) is 50.7 Å². The lowest BCUT2D eigenvalue weighted by Crippen LogP contribution is -2.34. The summed E-state index contributed by atoms with van der Waals surface area (Å²) in [6.45, 7) is 0.793. The summed E-state index contributed by atoms with van der Waals surface area (Å²) in [6, 6.07) is 14.1. The quantitative estimate of drug-likeness (QED) is 0.458. The molecular formula is C21H26N4O4S2. The second kappa shape index (κ2) is 10.1. The Kier molecular flexibility index (Phi) is 7.47. The zero-order valence-corrected chi connectivity index (χ0v) is 19.6. The fraction of sp³-hybridized carbons (Fsp3) is 0.333. The summed E-state index contributed by atoms with van der Waals surface area (Å²) in [5.41, 5.74) is 1.02. The number of para-hydroxylation sites is 1. The molecule has 0 atom stereocenters. The molecular weight excluding hydrogens is 436 g/mol. The molecule has 1 heterocycles. The van der Waals surface area contributed by atoms with E-state index in [1.165, 1.54) is 15.8 Å². The molecule has 0 unspecified atom stereocenters. The van der Waals surface area contributed by atoms with Crippen LogP contribution < -0.4 is 14.4 Å². The molecule has 0 N–H and O–H groups in total. The van der Waals surface area contributed by atoms with E-state index in [0.29, 0.717) is 31.1 Å². The molecule has 0 saturated carbocycles. The first-order chi connectivity index (χ1) is 14.8. The highest BCUT2D eigenvalue weighted by atomic mass is 32.2. The minimum Gasteiger partial charge on any atom is -0.497 e. The number of methoxy groups -OCH3 is 2. The second-order valence-electron chi connectivity index (χ2n) is 6.91. The van der Waals surface area contributed by atoms with Crippen LogP contribution in [0.3, 0.4) is 0 Å². The van der Waals surface area contributed by atoms with Crippen molar-refractivity contribution >= 4 is 26.7 Å². The van der Waals surface area contributed by atoms with Gasteiger partial charge >= 0.3 is 0 Å². The second-order valence-corrected chi connectivity index (χ2v) is 9.68. The molecule has 1 aromatic heterocycles. The van der Waals surface area contributed by atoms with E-state index in [1.807, 2.05) is 36.2 Å². The Morgan fingerprint density at radius 3 is 2.35 bits per heavy atom. The number of anilines is 1. The van der Waals surface area contributed by atoms with Crippen LogP contribution in [0.4, 0.5) is 5.13 Å². The van der Waals surface area contributed by atoms with Crippen LogP contribution in [0.15, 0.2) is 53.4 Å². The van der Waals surface area contributed by atoms with Crippen molar-refractivity contribution in [3.05, 3.63) is 59.9 Å². The first kappa shape index (κ1) is 23.0. The van der Waals surface area contributed by atoms with E-state index in [9.17, 15) is 8.42 Å². The molecule has 166 valence electrons. The highest BCUT2D eigenvalue weighted by molar-refractivity contribution is 7.89. The third kappa shape index (κ3) is 5.52. The predicted octanol–water partition coefficient (Wildman–Crippen LogP) is 2.90. The lowest BCUT2D eigenvalue weighted by Gasteiger charge is -2.21. The number of sulfonamides is 1. The first-order valence-electron chi connectivity index (χ1n) is 9.61. The normalized spacial score (nSPS) is 11.5. The van der Waals surface area contributed by atoms with Crippen LogP contribution in [-0.2, 0) is 16.4 Å². The molecule has 8 nitrogen and oxygen atoms in total. The topological polar surface area (TPSA) is 84.9 Å². The van der Waals surface area contributed by atoms with Crippen molar-refractivity contribution in [2.24, 2.45) is 0 Å². The maximum atomic E-state index is 12.8. The van der Waals surface area contributed by atoms with Gasteiger partial charge in [-0.05, 0) is 30.3 Å². The van der Waals surface area contributed by atoms with Crippen molar-refractivity contribution in [1.82, 2.24) is 13.7 Å². The third-order valence-corrected chi connectivity index (χ3v) is 7.58. The van der Waals surface area contributed by atoms with Gasteiger partial charge in [0.1, 0.15) is 17.3 Å². The molecule has 0 spiro atoms. The number of hydrogen-bond acceptors (Lipinski definition) is 8. The average molecular weight is 463 g/mol. The van der Waals surface area contributed by atoms with Gasteiger partial charge in [-0.15, -0.1) is 0 Å². The van der Waals surface area contributed by atoms with Crippen molar-refractivity contribution in [3.63, 3.8) is 0 Å². The summed E-state index contributed by atoms with van der Waals surface area (Å²) in [5, 5.41) is 0.736. The first-order valence-corrected chi connectivity index (χ1v) is 11.8. The van der Waals surface area contributed by atoms with Gasteiger partial charge in [0.05, 0.1) is 19.1 Å². The minimum atomic E-state index is -3.58. The molecule has 0 bridgehead atoms. The minimum absolute atomic E-state index is 0.230. The zero-order valence-electron chi connectivity index (χ0n) is 18.0. The molecule has 0 saturated heterocycles. The van der Waals surface area contributed by atoms with Crippen LogP contribution in [-0.4, -0.2) is 63.5 Å². The number of rotatable bonds is 10. The molecule has 3 rings (SSSR count). The molecule has 0 aliphatic heterocycles. The molecule has 0 fully saturated rings. The van der Waals surface area contributed by atoms with Crippen LogP contribution in [0.25, 0.3) is 0 Å². The molecule has 2 aromatic carbocycles. The summed E-state index contributed by atoms with van der Waals surface area (Å²) in [6.07, 6.45) is 0.570. The molecule has 10 heteroatoms.